The molecule has 0 spiro atoms. The molecule has 0 atom stereocenters. The number of carbonyl (C=O) groups excluding carboxylic acids is 2. The maximum Gasteiger partial charge on any atom is 0.239 e. The molecule has 1 saturated heterocycles. The molecule has 1 aliphatic heterocycles. The van der Waals surface area contributed by atoms with Gasteiger partial charge in [0.25, 0.3) is 0 Å². The van der Waals surface area contributed by atoms with Crippen molar-refractivity contribution in [1.29, 1.82) is 0 Å². The molecule has 0 radical (unpaired) electrons. The van der Waals surface area contributed by atoms with Gasteiger partial charge in [0, 0.05) is 25.8 Å². The molecule has 0 aromatic heterocycles. The number of sulfone groups is 1. The van der Waals surface area contributed by atoms with E-state index in [1.165, 1.54) is 12.1 Å². The second-order valence-electron chi connectivity index (χ2n) is 5.36. The van der Waals surface area contributed by atoms with Gasteiger partial charge in [0.2, 0.25) is 11.8 Å². The summed E-state index contributed by atoms with van der Waals surface area (Å²) in [5, 5.41) is 2.67. The molecular weight excluding hydrogens is 320 g/mol. The summed E-state index contributed by atoms with van der Waals surface area (Å²) in [6.45, 7) is 1.50. The normalized spacial score (nSPS) is 15.2. The highest BCUT2D eigenvalue weighted by Crippen LogP contribution is 2.16. The van der Waals surface area contributed by atoms with Crippen molar-refractivity contribution in [1.82, 2.24) is 10.2 Å². The van der Waals surface area contributed by atoms with E-state index >= 15 is 0 Å². The molecule has 0 bridgehead atoms. The van der Waals surface area contributed by atoms with E-state index < -0.39 is 9.84 Å². The van der Waals surface area contributed by atoms with Crippen molar-refractivity contribution in [2.45, 2.75) is 17.7 Å². The number of rotatable bonds is 6. The van der Waals surface area contributed by atoms with Gasteiger partial charge in [0.05, 0.1) is 18.0 Å². The molecule has 126 valence electrons. The van der Waals surface area contributed by atoms with Crippen LogP contribution in [0.25, 0.3) is 0 Å². The van der Waals surface area contributed by atoms with E-state index in [2.05, 4.69) is 5.32 Å². The predicted octanol–water partition coefficient (Wildman–Crippen LogP) is 0.208. The van der Waals surface area contributed by atoms with Crippen LogP contribution in [0.15, 0.2) is 29.2 Å². The van der Waals surface area contributed by atoms with Crippen LogP contribution in [-0.4, -0.2) is 57.6 Å². The Morgan fingerprint density at radius 3 is 2.61 bits per heavy atom. The molecule has 7 nitrogen and oxygen atoms in total. The molecule has 8 heteroatoms. The fourth-order valence-corrected chi connectivity index (χ4v) is 2.84. The number of amides is 2. The number of piperazine rings is 1. The Morgan fingerprint density at radius 2 is 2.00 bits per heavy atom. The van der Waals surface area contributed by atoms with Gasteiger partial charge < -0.3 is 15.0 Å². The van der Waals surface area contributed by atoms with Gasteiger partial charge in [-0.25, -0.2) is 8.42 Å². The molecule has 0 aliphatic carbocycles. The van der Waals surface area contributed by atoms with Crippen molar-refractivity contribution in [2.24, 2.45) is 0 Å². The highest BCUT2D eigenvalue weighted by atomic mass is 32.2. The Kier molecular flexibility index (Phi) is 5.59. The first-order valence-corrected chi connectivity index (χ1v) is 9.23. The average molecular weight is 340 g/mol. The van der Waals surface area contributed by atoms with E-state index in [1.54, 1.807) is 17.0 Å². The molecule has 1 N–H and O–H groups in total. The minimum Gasteiger partial charge on any atom is -0.494 e. The second-order valence-corrected chi connectivity index (χ2v) is 7.38. The lowest BCUT2D eigenvalue weighted by Crippen LogP contribution is -2.49. The van der Waals surface area contributed by atoms with E-state index in [0.717, 1.165) is 6.26 Å². The Bertz CT molecular complexity index is 670. The average Bonchev–Trinajstić information content (AvgIpc) is 2.51. The molecule has 1 aromatic carbocycles. The van der Waals surface area contributed by atoms with Gasteiger partial charge in [-0.2, -0.15) is 0 Å². The molecule has 2 amide bonds. The minimum atomic E-state index is -3.21. The van der Waals surface area contributed by atoms with Crippen LogP contribution in [-0.2, 0) is 19.4 Å². The standard InChI is InChI=1S/C15H20N2O5S/c1-23(20,21)13-6-4-12(5-7-13)22-10-2-3-15(19)17-9-8-16-14(18)11-17/h4-7H,2-3,8-11H2,1H3,(H,16,18). The zero-order valence-electron chi connectivity index (χ0n) is 12.9. The van der Waals surface area contributed by atoms with Crippen LogP contribution in [0, 0.1) is 0 Å². The number of benzene rings is 1. The summed E-state index contributed by atoms with van der Waals surface area (Å²) >= 11 is 0. The van der Waals surface area contributed by atoms with E-state index in [1.807, 2.05) is 0 Å². The lowest BCUT2D eigenvalue weighted by atomic mass is 10.2. The van der Waals surface area contributed by atoms with Crippen LogP contribution in [0.4, 0.5) is 0 Å². The zero-order valence-corrected chi connectivity index (χ0v) is 13.8. The summed E-state index contributed by atoms with van der Waals surface area (Å²) in [6.07, 6.45) is 1.99. The molecule has 0 unspecified atom stereocenters. The summed E-state index contributed by atoms with van der Waals surface area (Å²) in [4.78, 5) is 24.9. The molecule has 1 aliphatic rings. The lowest BCUT2D eigenvalue weighted by Gasteiger charge is -2.26. The van der Waals surface area contributed by atoms with Crippen molar-refractivity contribution < 1.29 is 22.7 Å². The SMILES string of the molecule is CS(=O)(=O)c1ccc(OCCCC(=O)N2CCNC(=O)C2)cc1. The van der Waals surface area contributed by atoms with Crippen LogP contribution >= 0.6 is 0 Å². The molecule has 1 fully saturated rings. The molecule has 1 heterocycles. The number of carbonyl (C=O) groups is 2. The van der Waals surface area contributed by atoms with Crippen LogP contribution in [0.1, 0.15) is 12.8 Å². The van der Waals surface area contributed by atoms with Gasteiger partial charge in [0.1, 0.15) is 5.75 Å². The summed E-state index contributed by atoms with van der Waals surface area (Å²) in [6, 6.07) is 6.16. The third kappa shape index (κ3) is 5.24. The first-order valence-electron chi connectivity index (χ1n) is 7.33. The van der Waals surface area contributed by atoms with Crippen LogP contribution in [0.3, 0.4) is 0 Å². The maximum absolute atomic E-state index is 11.9. The molecule has 0 saturated carbocycles. The summed E-state index contributed by atoms with van der Waals surface area (Å²) in [5.41, 5.74) is 0. The van der Waals surface area contributed by atoms with Gasteiger partial charge in [-0.3, -0.25) is 9.59 Å². The molecule has 1 aromatic rings. The van der Waals surface area contributed by atoms with Crippen molar-refractivity contribution in [3.8, 4) is 5.75 Å². The first kappa shape index (κ1) is 17.3. The van der Waals surface area contributed by atoms with Crippen molar-refractivity contribution in [3.05, 3.63) is 24.3 Å². The number of hydrogen-bond acceptors (Lipinski definition) is 5. The first-order chi connectivity index (χ1) is 10.9. The predicted molar refractivity (Wildman–Crippen MR) is 83.9 cm³/mol. The van der Waals surface area contributed by atoms with E-state index in [-0.39, 0.29) is 23.3 Å². The van der Waals surface area contributed by atoms with E-state index in [0.29, 0.717) is 38.3 Å². The third-order valence-electron chi connectivity index (χ3n) is 3.45. The van der Waals surface area contributed by atoms with Crippen LogP contribution in [0.2, 0.25) is 0 Å². The molecule has 2 rings (SSSR count). The number of nitrogens with one attached hydrogen (secondary N) is 1. The maximum atomic E-state index is 11.9. The van der Waals surface area contributed by atoms with Crippen LogP contribution < -0.4 is 10.1 Å². The van der Waals surface area contributed by atoms with Gasteiger partial charge in [-0.15, -0.1) is 0 Å². The van der Waals surface area contributed by atoms with Crippen molar-refractivity contribution >= 4 is 21.7 Å². The Balaban J connectivity index is 1.73. The monoisotopic (exact) mass is 340 g/mol. The number of ether oxygens (including phenoxy) is 1. The Hall–Kier alpha value is -2.09. The minimum absolute atomic E-state index is 0.0594. The number of nitrogens with zero attached hydrogens (tertiary/aromatic N) is 1. The van der Waals surface area contributed by atoms with E-state index in [4.69, 9.17) is 4.74 Å². The van der Waals surface area contributed by atoms with Gasteiger partial charge in [0.15, 0.2) is 9.84 Å². The van der Waals surface area contributed by atoms with Crippen molar-refractivity contribution in [2.75, 3.05) is 32.5 Å². The quantitative estimate of drug-likeness (QED) is 0.747. The highest BCUT2D eigenvalue weighted by molar-refractivity contribution is 7.90. The van der Waals surface area contributed by atoms with Gasteiger partial charge in [-0.1, -0.05) is 0 Å². The molecule has 23 heavy (non-hydrogen) atoms. The Morgan fingerprint density at radius 1 is 1.30 bits per heavy atom. The fraction of sp³-hybridized carbons (Fsp3) is 0.467. The molecular formula is C15H20N2O5S. The third-order valence-corrected chi connectivity index (χ3v) is 4.58. The van der Waals surface area contributed by atoms with Gasteiger partial charge in [-0.05, 0) is 30.7 Å². The smallest absolute Gasteiger partial charge is 0.239 e. The van der Waals surface area contributed by atoms with Crippen molar-refractivity contribution in [3.63, 3.8) is 0 Å². The van der Waals surface area contributed by atoms with Crippen LogP contribution in [0.5, 0.6) is 5.75 Å². The van der Waals surface area contributed by atoms with E-state index in [9.17, 15) is 18.0 Å². The Labute approximate surface area is 135 Å². The summed E-state index contributed by atoms with van der Waals surface area (Å²) in [5.74, 6) is 0.366. The topological polar surface area (TPSA) is 92.8 Å². The number of hydrogen-bond donors (Lipinski definition) is 1. The zero-order chi connectivity index (χ0) is 16.9. The summed E-state index contributed by atoms with van der Waals surface area (Å²) < 4.78 is 28.2. The largest absolute Gasteiger partial charge is 0.494 e. The fourth-order valence-electron chi connectivity index (χ4n) is 2.21. The second kappa shape index (κ2) is 7.45. The highest BCUT2D eigenvalue weighted by Gasteiger charge is 2.20. The van der Waals surface area contributed by atoms with Gasteiger partial charge >= 0.3 is 0 Å². The summed E-state index contributed by atoms with van der Waals surface area (Å²) in [7, 11) is -3.21. The lowest BCUT2D eigenvalue weighted by molar-refractivity contribution is -0.138.